The van der Waals surface area contributed by atoms with Crippen molar-refractivity contribution in [2.75, 3.05) is 6.54 Å². The van der Waals surface area contributed by atoms with Crippen molar-refractivity contribution in [1.82, 2.24) is 14.9 Å². The molecule has 90 valence electrons. The Bertz CT molecular complexity index is 544. The number of benzene rings is 1. The van der Waals surface area contributed by atoms with Crippen LogP contribution in [-0.4, -0.2) is 22.1 Å². The van der Waals surface area contributed by atoms with E-state index in [4.69, 9.17) is 0 Å². The minimum atomic E-state index is -0.846. The van der Waals surface area contributed by atoms with Crippen LogP contribution in [0.2, 0.25) is 0 Å². The van der Waals surface area contributed by atoms with Crippen molar-refractivity contribution in [2.45, 2.75) is 25.4 Å². The molecule has 1 N–H and O–H groups in total. The van der Waals surface area contributed by atoms with E-state index in [0.29, 0.717) is 17.1 Å². The predicted octanol–water partition coefficient (Wildman–Crippen LogP) is 2.07. The monoisotopic (exact) mass is 237 g/mol. The third kappa shape index (κ3) is 1.91. The smallest absolute Gasteiger partial charge is 0.161 e. The van der Waals surface area contributed by atoms with E-state index in [0.717, 1.165) is 25.6 Å². The Hall–Kier alpha value is -1.49. The first-order valence-electron chi connectivity index (χ1n) is 5.77. The number of nitrogens with zero attached hydrogens (tertiary/aromatic N) is 2. The number of imidazole rings is 1. The van der Waals surface area contributed by atoms with Gasteiger partial charge in [-0.25, -0.2) is 13.8 Å². The van der Waals surface area contributed by atoms with E-state index in [1.54, 1.807) is 6.33 Å². The van der Waals surface area contributed by atoms with Crippen molar-refractivity contribution in [2.24, 2.45) is 0 Å². The molecule has 0 saturated carbocycles. The quantitative estimate of drug-likeness (QED) is 0.866. The van der Waals surface area contributed by atoms with Gasteiger partial charge in [-0.1, -0.05) is 0 Å². The second-order valence-electron chi connectivity index (χ2n) is 4.45. The van der Waals surface area contributed by atoms with Crippen LogP contribution in [0.3, 0.4) is 0 Å². The third-order valence-corrected chi connectivity index (χ3v) is 3.24. The lowest BCUT2D eigenvalue weighted by atomic mass is 10.2. The van der Waals surface area contributed by atoms with Crippen LogP contribution in [0.25, 0.3) is 11.0 Å². The molecule has 1 aliphatic heterocycles. The molecule has 1 atom stereocenters. The Morgan fingerprint density at radius 3 is 2.94 bits per heavy atom. The second kappa shape index (κ2) is 4.07. The average Bonchev–Trinajstić information content (AvgIpc) is 2.92. The van der Waals surface area contributed by atoms with E-state index in [-0.39, 0.29) is 0 Å². The molecule has 1 aliphatic rings. The summed E-state index contributed by atoms with van der Waals surface area (Å²) >= 11 is 0. The van der Waals surface area contributed by atoms with Crippen molar-refractivity contribution in [3.8, 4) is 0 Å². The first-order valence-corrected chi connectivity index (χ1v) is 5.77. The van der Waals surface area contributed by atoms with Gasteiger partial charge in [-0.2, -0.15) is 0 Å². The summed E-state index contributed by atoms with van der Waals surface area (Å²) in [4.78, 5) is 4.09. The first kappa shape index (κ1) is 10.7. The molecule has 1 aromatic heterocycles. The lowest BCUT2D eigenvalue weighted by Gasteiger charge is -2.11. The summed E-state index contributed by atoms with van der Waals surface area (Å²) in [5.41, 5.74) is 1.15. The predicted molar refractivity (Wildman–Crippen MR) is 60.7 cm³/mol. The van der Waals surface area contributed by atoms with Crippen LogP contribution >= 0.6 is 0 Å². The molecule has 1 fully saturated rings. The van der Waals surface area contributed by atoms with Gasteiger partial charge >= 0.3 is 0 Å². The van der Waals surface area contributed by atoms with Gasteiger partial charge in [0.25, 0.3) is 0 Å². The van der Waals surface area contributed by atoms with Crippen LogP contribution in [0.1, 0.15) is 12.8 Å². The highest BCUT2D eigenvalue weighted by molar-refractivity contribution is 5.75. The highest BCUT2D eigenvalue weighted by atomic mass is 19.2. The summed E-state index contributed by atoms with van der Waals surface area (Å²) in [6, 6.07) is 2.76. The van der Waals surface area contributed by atoms with Gasteiger partial charge in [0.1, 0.15) is 0 Å². The van der Waals surface area contributed by atoms with E-state index >= 15 is 0 Å². The lowest BCUT2D eigenvalue weighted by Crippen LogP contribution is -2.26. The first-order chi connectivity index (χ1) is 8.24. The summed E-state index contributed by atoms with van der Waals surface area (Å²) in [6.07, 6.45) is 3.92. The second-order valence-corrected chi connectivity index (χ2v) is 4.45. The maximum atomic E-state index is 13.2. The zero-order valence-corrected chi connectivity index (χ0v) is 9.29. The molecule has 0 amide bonds. The molecule has 17 heavy (non-hydrogen) atoms. The Kier molecular flexibility index (Phi) is 2.55. The summed E-state index contributed by atoms with van der Waals surface area (Å²) in [7, 11) is 0. The Balaban J connectivity index is 1.96. The summed E-state index contributed by atoms with van der Waals surface area (Å²) in [5.74, 6) is -1.67. The summed E-state index contributed by atoms with van der Waals surface area (Å²) in [5, 5.41) is 3.37. The van der Waals surface area contributed by atoms with E-state index in [1.807, 2.05) is 4.57 Å². The van der Waals surface area contributed by atoms with Gasteiger partial charge in [-0.05, 0) is 19.4 Å². The van der Waals surface area contributed by atoms with Crippen LogP contribution in [0.4, 0.5) is 8.78 Å². The summed E-state index contributed by atoms with van der Waals surface area (Å²) < 4.78 is 28.1. The molecule has 0 bridgehead atoms. The minimum absolute atomic E-state index is 0.403. The van der Waals surface area contributed by atoms with E-state index in [9.17, 15) is 8.78 Å². The van der Waals surface area contributed by atoms with E-state index < -0.39 is 11.6 Å². The van der Waals surface area contributed by atoms with Gasteiger partial charge in [0.2, 0.25) is 0 Å². The number of hydrogen-bond donors (Lipinski definition) is 1. The normalized spacial score (nSPS) is 20.2. The maximum Gasteiger partial charge on any atom is 0.161 e. The fourth-order valence-corrected chi connectivity index (χ4v) is 2.35. The highest BCUT2D eigenvalue weighted by Crippen LogP contribution is 2.18. The molecule has 3 rings (SSSR count). The number of rotatable bonds is 2. The molecule has 3 nitrogen and oxygen atoms in total. The minimum Gasteiger partial charge on any atom is -0.329 e. The lowest BCUT2D eigenvalue weighted by molar-refractivity contribution is 0.505. The third-order valence-electron chi connectivity index (χ3n) is 3.24. The van der Waals surface area contributed by atoms with Gasteiger partial charge in [-0.3, -0.25) is 0 Å². The van der Waals surface area contributed by atoms with Crippen LogP contribution in [-0.2, 0) is 6.54 Å². The number of halogens is 2. The Labute approximate surface area is 97.5 Å². The highest BCUT2D eigenvalue weighted by Gasteiger charge is 2.16. The zero-order chi connectivity index (χ0) is 11.8. The molecular formula is C12H13F2N3. The topological polar surface area (TPSA) is 29.9 Å². The van der Waals surface area contributed by atoms with Crippen molar-refractivity contribution >= 4 is 11.0 Å². The van der Waals surface area contributed by atoms with Crippen molar-refractivity contribution in [3.63, 3.8) is 0 Å². The van der Waals surface area contributed by atoms with Crippen molar-refractivity contribution in [1.29, 1.82) is 0 Å². The van der Waals surface area contributed by atoms with E-state index in [1.165, 1.54) is 12.5 Å². The number of aromatic nitrogens is 2. The maximum absolute atomic E-state index is 13.2. The largest absolute Gasteiger partial charge is 0.329 e. The molecule has 0 spiro atoms. The Morgan fingerprint density at radius 2 is 2.18 bits per heavy atom. The zero-order valence-electron chi connectivity index (χ0n) is 9.29. The molecule has 0 radical (unpaired) electrons. The molecule has 2 heterocycles. The van der Waals surface area contributed by atoms with Crippen LogP contribution < -0.4 is 5.32 Å². The summed E-state index contributed by atoms with van der Waals surface area (Å²) in [6.45, 7) is 1.78. The van der Waals surface area contributed by atoms with Crippen molar-refractivity contribution < 1.29 is 8.78 Å². The van der Waals surface area contributed by atoms with E-state index in [2.05, 4.69) is 10.3 Å². The van der Waals surface area contributed by atoms with Gasteiger partial charge < -0.3 is 9.88 Å². The Morgan fingerprint density at radius 1 is 1.35 bits per heavy atom. The molecular weight excluding hydrogens is 224 g/mol. The molecule has 2 aromatic rings. The van der Waals surface area contributed by atoms with Crippen LogP contribution in [0, 0.1) is 11.6 Å². The van der Waals surface area contributed by atoms with Gasteiger partial charge in [0.15, 0.2) is 11.6 Å². The molecule has 5 heteroatoms. The van der Waals surface area contributed by atoms with Gasteiger partial charge in [-0.15, -0.1) is 0 Å². The van der Waals surface area contributed by atoms with Crippen molar-refractivity contribution in [3.05, 3.63) is 30.1 Å². The fourth-order valence-electron chi connectivity index (χ4n) is 2.35. The number of hydrogen-bond acceptors (Lipinski definition) is 2. The van der Waals surface area contributed by atoms with Crippen LogP contribution in [0.5, 0.6) is 0 Å². The molecule has 0 aliphatic carbocycles. The van der Waals surface area contributed by atoms with Gasteiger partial charge in [0, 0.05) is 24.7 Å². The number of fused-ring (bicyclic) bond motifs is 1. The van der Waals surface area contributed by atoms with Crippen LogP contribution in [0.15, 0.2) is 18.5 Å². The molecule has 0 unspecified atom stereocenters. The fraction of sp³-hybridized carbons (Fsp3) is 0.417. The number of nitrogens with one attached hydrogen (secondary N) is 1. The molecule has 1 aromatic carbocycles. The average molecular weight is 237 g/mol. The SMILES string of the molecule is Fc1cc2ncn(C[C@@H]3CCCN3)c2cc1F. The standard InChI is InChI=1S/C12H13F2N3/c13-9-4-11-12(5-10(9)14)17(7-16-11)6-8-2-1-3-15-8/h4-5,7-8,15H,1-3,6H2/t8-/m0/s1. The molecule has 1 saturated heterocycles. The van der Waals surface area contributed by atoms with Gasteiger partial charge in [0.05, 0.1) is 17.4 Å².